The number of furan rings is 2. The van der Waals surface area contributed by atoms with Gasteiger partial charge in [-0.2, -0.15) is 0 Å². The average molecular weight is 704 g/mol. The van der Waals surface area contributed by atoms with Crippen molar-refractivity contribution >= 4 is 71.7 Å². The van der Waals surface area contributed by atoms with Crippen molar-refractivity contribution in [1.29, 1.82) is 0 Å². The van der Waals surface area contributed by atoms with E-state index in [0.717, 1.165) is 83.2 Å². The van der Waals surface area contributed by atoms with E-state index >= 15 is 0 Å². The van der Waals surface area contributed by atoms with Gasteiger partial charge in [0.15, 0.2) is 0 Å². The molecule has 0 aliphatic carbocycles. The number of hydrogen-bond donors (Lipinski definition) is 0. The number of fused-ring (bicyclic) bond motifs is 7. The molecule has 0 amide bonds. The van der Waals surface area contributed by atoms with E-state index in [1.54, 1.807) is 0 Å². The maximum Gasteiger partial charge on any atom is 0.143 e. The van der Waals surface area contributed by atoms with Gasteiger partial charge < -0.3 is 13.7 Å². The quantitative estimate of drug-likeness (QED) is 0.173. The van der Waals surface area contributed by atoms with Gasteiger partial charge in [0.05, 0.1) is 0 Å². The average Bonchev–Trinajstić information content (AvgIpc) is 3.83. The molecule has 0 spiro atoms. The van der Waals surface area contributed by atoms with E-state index in [2.05, 4.69) is 187 Å². The Morgan fingerprint density at radius 1 is 0.291 bits per heavy atom. The summed E-state index contributed by atoms with van der Waals surface area (Å²) in [7, 11) is 0. The van der Waals surface area contributed by atoms with Crippen LogP contribution in [0.2, 0.25) is 0 Å². The van der Waals surface area contributed by atoms with Crippen LogP contribution in [0.25, 0.3) is 88.0 Å². The zero-order valence-electron chi connectivity index (χ0n) is 29.8. The molecule has 0 saturated carbocycles. The molecule has 0 aliphatic rings. The summed E-state index contributed by atoms with van der Waals surface area (Å²) in [5.74, 6) is 0. The van der Waals surface area contributed by atoms with E-state index in [-0.39, 0.29) is 0 Å². The van der Waals surface area contributed by atoms with E-state index in [9.17, 15) is 0 Å². The van der Waals surface area contributed by atoms with Gasteiger partial charge in [-0.1, -0.05) is 146 Å². The minimum atomic E-state index is 0.844. The molecule has 0 atom stereocenters. The van der Waals surface area contributed by atoms with Gasteiger partial charge in [0.1, 0.15) is 22.3 Å². The lowest BCUT2D eigenvalue weighted by atomic mass is 10.00. The van der Waals surface area contributed by atoms with Crippen LogP contribution < -0.4 is 4.90 Å². The Kier molecular flexibility index (Phi) is 7.17. The summed E-state index contributed by atoms with van der Waals surface area (Å²) in [5.41, 5.74) is 13.3. The molecule has 0 radical (unpaired) electrons. The van der Waals surface area contributed by atoms with Crippen molar-refractivity contribution in [2.24, 2.45) is 0 Å². The fourth-order valence-corrected chi connectivity index (χ4v) is 8.18. The molecule has 0 saturated heterocycles. The largest absolute Gasteiger partial charge is 0.455 e. The molecule has 0 aliphatic heterocycles. The Balaban J connectivity index is 1.07. The molecule has 0 N–H and O–H groups in total. The van der Waals surface area contributed by atoms with Crippen LogP contribution in [0.1, 0.15) is 0 Å². The van der Waals surface area contributed by atoms with Crippen molar-refractivity contribution in [2.75, 3.05) is 4.90 Å². The Morgan fingerprint density at radius 2 is 0.873 bits per heavy atom. The van der Waals surface area contributed by atoms with Crippen molar-refractivity contribution in [3.05, 3.63) is 200 Å². The second-order valence-corrected chi connectivity index (χ2v) is 14.1. The van der Waals surface area contributed by atoms with Crippen molar-refractivity contribution in [1.82, 2.24) is 0 Å². The first-order chi connectivity index (χ1) is 27.2. The first-order valence-electron chi connectivity index (χ1n) is 18.7. The Bertz CT molecular complexity index is 3210. The number of para-hydroxylation sites is 3. The first kappa shape index (κ1) is 31.2. The first-order valence-corrected chi connectivity index (χ1v) is 18.7. The van der Waals surface area contributed by atoms with Gasteiger partial charge >= 0.3 is 0 Å². The number of benzene rings is 9. The zero-order valence-corrected chi connectivity index (χ0v) is 29.8. The minimum Gasteiger partial charge on any atom is -0.455 e. The molecular formula is C52H33NO2. The summed E-state index contributed by atoms with van der Waals surface area (Å²) in [6, 6.07) is 70.9. The van der Waals surface area contributed by atoms with Crippen LogP contribution >= 0.6 is 0 Å². The Hall–Kier alpha value is -7.36. The minimum absolute atomic E-state index is 0.844. The van der Waals surface area contributed by atoms with E-state index in [1.807, 2.05) is 18.2 Å². The number of rotatable bonds is 6. The van der Waals surface area contributed by atoms with E-state index < -0.39 is 0 Å². The molecule has 2 heterocycles. The molecule has 258 valence electrons. The summed E-state index contributed by atoms with van der Waals surface area (Å²) in [5, 5.41) is 6.91. The summed E-state index contributed by atoms with van der Waals surface area (Å²) < 4.78 is 13.2. The van der Waals surface area contributed by atoms with Crippen LogP contribution in [0.15, 0.2) is 209 Å². The second-order valence-electron chi connectivity index (χ2n) is 14.1. The molecule has 0 unspecified atom stereocenters. The highest BCUT2D eigenvalue weighted by Gasteiger charge is 2.19. The van der Waals surface area contributed by atoms with Gasteiger partial charge in [-0.15, -0.1) is 0 Å². The van der Waals surface area contributed by atoms with Gasteiger partial charge in [0.25, 0.3) is 0 Å². The molecule has 11 rings (SSSR count). The Morgan fingerprint density at radius 3 is 1.69 bits per heavy atom. The second kappa shape index (κ2) is 12.6. The maximum absolute atomic E-state index is 6.74. The van der Waals surface area contributed by atoms with Crippen molar-refractivity contribution in [3.8, 4) is 33.4 Å². The van der Waals surface area contributed by atoms with Gasteiger partial charge in [-0.3, -0.25) is 0 Å². The van der Waals surface area contributed by atoms with Crippen molar-refractivity contribution in [2.45, 2.75) is 0 Å². The number of anilines is 3. The van der Waals surface area contributed by atoms with Crippen LogP contribution in [0.5, 0.6) is 0 Å². The number of nitrogens with zero attached hydrogens (tertiary/aromatic N) is 1. The molecule has 11 aromatic rings. The van der Waals surface area contributed by atoms with Gasteiger partial charge in [-0.05, 0) is 81.6 Å². The lowest BCUT2D eigenvalue weighted by Crippen LogP contribution is -2.10. The highest BCUT2D eigenvalue weighted by molar-refractivity contribution is 6.11. The topological polar surface area (TPSA) is 29.5 Å². The molecule has 55 heavy (non-hydrogen) atoms. The third-order valence-electron chi connectivity index (χ3n) is 10.9. The van der Waals surface area contributed by atoms with Gasteiger partial charge in [0, 0.05) is 55.8 Å². The standard InChI is InChI=1S/C52H33NO2/c1-2-12-36(13-3-1)43-18-9-21-48-46-30-29-42(33-50(46)55-51(43)48)53(40-27-25-35(26-28-40)38-24-23-34-11-4-5-14-37(34)31-38)41-16-8-15-39(32-41)44-19-10-20-47-45-17-6-7-22-49(45)54-52(44)47/h1-33H. The zero-order chi connectivity index (χ0) is 36.3. The fraction of sp³-hybridized carbons (Fsp3) is 0. The predicted octanol–water partition coefficient (Wildman–Crippen LogP) is 15.1. The lowest BCUT2D eigenvalue weighted by Gasteiger charge is -2.26. The van der Waals surface area contributed by atoms with E-state index in [1.165, 1.54) is 21.9 Å². The SMILES string of the molecule is c1ccc(-c2cccc3c2oc2cc(N(c4ccc(-c5ccc6ccccc6c5)cc4)c4cccc(-c5cccc6c5oc5ccccc56)c4)ccc23)cc1. The van der Waals surface area contributed by atoms with E-state index in [4.69, 9.17) is 8.83 Å². The maximum atomic E-state index is 6.74. The van der Waals surface area contributed by atoms with Gasteiger partial charge in [-0.25, -0.2) is 0 Å². The molecule has 3 heteroatoms. The van der Waals surface area contributed by atoms with Crippen LogP contribution in [0.3, 0.4) is 0 Å². The summed E-state index contributed by atoms with van der Waals surface area (Å²) in [6.07, 6.45) is 0. The smallest absolute Gasteiger partial charge is 0.143 e. The van der Waals surface area contributed by atoms with Crippen molar-refractivity contribution < 1.29 is 8.83 Å². The molecular weight excluding hydrogens is 671 g/mol. The van der Waals surface area contributed by atoms with E-state index in [0.29, 0.717) is 0 Å². The third-order valence-corrected chi connectivity index (χ3v) is 10.9. The molecule has 3 nitrogen and oxygen atoms in total. The fourth-order valence-electron chi connectivity index (χ4n) is 8.18. The highest BCUT2D eigenvalue weighted by Crippen LogP contribution is 2.43. The van der Waals surface area contributed by atoms with Crippen LogP contribution in [0, 0.1) is 0 Å². The normalized spacial score (nSPS) is 11.6. The Labute approximate surface area is 317 Å². The molecule has 2 aromatic heterocycles. The third kappa shape index (κ3) is 5.28. The summed E-state index contributed by atoms with van der Waals surface area (Å²) in [4.78, 5) is 2.32. The molecule has 0 fully saturated rings. The monoisotopic (exact) mass is 703 g/mol. The summed E-state index contributed by atoms with van der Waals surface area (Å²) in [6.45, 7) is 0. The highest BCUT2D eigenvalue weighted by atomic mass is 16.3. The molecule has 9 aromatic carbocycles. The van der Waals surface area contributed by atoms with Crippen molar-refractivity contribution in [3.63, 3.8) is 0 Å². The number of hydrogen-bond acceptors (Lipinski definition) is 3. The van der Waals surface area contributed by atoms with Crippen LogP contribution in [-0.4, -0.2) is 0 Å². The van der Waals surface area contributed by atoms with Gasteiger partial charge in [0.2, 0.25) is 0 Å². The van der Waals surface area contributed by atoms with Crippen LogP contribution in [0.4, 0.5) is 17.1 Å². The lowest BCUT2D eigenvalue weighted by molar-refractivity contribution is 0.669. The predicted molar refractivity (Wildman–Crippen MR) is 229 cm³/mol. The molecule has 0 bridgehead atoms. The van der Waals surface area contributed by atoms with Crippen LogP contribution in [-0.2, 0) is 0 Å². The summed E-state index contributed by atoms with van der Waals surface area (Å²) >= 11 is 0.